The number of hydrogen-bond acceptors (Lipinski definition) is 18. The van der Waals surface area contributed by atoms with Crippen LogP contribution in [0.2, 0.25) is 0 Å². The van der Waals surface area contributed by atoms with Crippen molar-refractivity contribution >= 4 is 59.1 Å². The van der Waals surface area contributed by atoms with Crippen LogP contribution in [0.1, 0.15) is 89.3 Å². The number of benzene rings is 2. The molecule has 8 rings (SSSR count). The van der Waals surface area contributed by atoms with Crippen LogP contribution in [0.25, 0.3) is 0 Å². The lowest BCUT2D eigenvalue weighted by Crippen LogP contribution is -2.58. The van der Waals surface area contributed by atoms with E-state index in [2.05, 4.69) is 66.7 Å². The zero-order valence-corrected chi connectivity index (χ0v) is 43.7. The maximum absolute atomic E-state index is 14.7. The Morgan fingerprint density at radius 1 is 0.705 bits per heavy atom. The van der Waals surface area contributed by atoms with Crippen molar-refractivity contribution in [3.05, 3.63) is 151 Å². The Kier molecular flexibility index (Phi) is 17.6. The minimum Gasteiger partial charge on any atom is -0.443 e. The number of nitrogens with zero attached hydrogens (tertiary/aromatic N) is 11. The van der Waals surface area contributed by atoms with E-state index in [1.165, 1.54) is 36.9 Å². The van der Waals surface area contributed by atoms with Crippen LogP contribution in [0.15, 0.2) is 117 Å². The number of ether oxygens (including phenoxy) is 2. The van der Waals surface area contributed by atoms with Gasteiger partial charge in [-0.2, -0.15) is 24.5 Å². The maximum atomic E-state index is 14.7. The van der Waals surface area contributed by atoms with Crippen LogP contribution < -0.4 is 36.8 Å². The van der Waals surface area contributed by atoms with Crippen LogP contribution >= 0.6 is 0 Å². The average molecular weight is 1060 g/mol. The van der Waals surface area contributed by atoms with E-state index in [0.717, 1.165) is 39.8 Å². The number of anilines is 4. The third-order valence-corrected chi connectivity index (χ3v) is 14.2. The summed E-state index contributed by atoms with van der Waals surface area (Å²) < 4.78 is 13.0. The van der Waals surface area contributed by atoms with E-state index in [1.807, 2.05) is 79.5 Å². The summed E-state index contributed by atoms with van der Waals surface area (Å²) >= 11 is 0. The summed E-state index contributed by atoms with van der Waals surface area (Å²) in [6, 6.07) is 16.7. The molecule has 0 spiro atoms. The summed E-state index contributed by atoms with van der Waals surface area (Å²) in [7, 11) is 3.63. The van der Waals surface area contributed by atoms with Gasteiger partial charge in [0.05, 0.1) is 36.2 Å². The maximum Gasteiger partial charge on any atom is 0.435 e. The van der Waals surface area contributed by atoms with Gasteiger partial charge in [-0.25, -0.2) is 19.6 Å². The van der Waals surface area contributed by atoms with Gasteiger partial charge in [-0.15, -0.1) is 10.2 Å². The van der Waals surface area contributed by atoms with Gasteiger partial charge in [-0.3, -0.25) is 19.2 Å². The Labute approximate surface area is 449 Å². The van der Waals surface area contributed by atoms with E-state index in [1.54, 1.807) is 18.1 Å². The summed E-state index contributed by atoms with van der Waals surface area (Å²) in [6.07, 6.45) is 11.4. The zero-order chi connectivity index (χ0) is 55.5. The van der Waals surface area contributed by atoms with Crippen LogP contribution in [-0.2, 0) is 38.7 Å². The number of hydrogen-bond donors (Lipinski definition) is 5. The second-order valence-corrected chi connectivity index (χ2v) is 19.3. The fraction of sp³-hybridized carbons (Fsp3) is 0.352. The molecule has 2 aliphatic rings. The van der Waals surface area contributed by atoms with Crippen molar-refractivity contribution in [2.75, 3.05) is 29.2 Å². The normalized spacial score (nSPS) is 19.8. The van der Waals surface area contributed by atoms with Crippen LogP contribution in [0.5, 0.6) is 0 Å². The molecule has 2 aromatic carbocycles. The van der Waals surface area contributed by atoms with Crippen LogP contribution in [0, 0.1) is 11.8 Å². The lowest BCUT2D eigenvalue weighted by atomic mass is 9.78. The Morgan fingerprint density at radius 3 is 1.96 bits per heavy atom. The van der Waals surface area contributed by atoms with Gasteiger partial charge in [-0.1, -0.05) is 87.7 Å². The first kappa shape index (κ1) is 54.9. The molecule has 24 heteroatoms. The van der Waals surface area contributed by atoms with Crippen molar-refractivity contribution in [2.45, 2.75) is 95.8 Å². The third kappa shape index (κ3) is 13.4. The van der Waals surface area contributed by atoms with Crippen LogP contribution in [0.3, 0.4) is 0 Å². The standard InChI is InChI=1S/C54H62N16O8/c1-7-45(71)62-39-20-15-21-42(32(39)3)67(5)44-27-56-47(41(61-44)22-36-25-57-69(28-36)53(75)77-30-34-16-11-9-12-17-34)51(74)60-37-23-40(63-46(72)8-2)33(4)43(24-37)68(6)52-64-50(48(49(55)73)65-66-52)59-38-26-58-70(29-38)54(76)78-31-35-18-13-10-14-19-35/h7-14,16-19,25-29,32-33,37,39-40,42-43H,1-2,15,20-24,30-31H2,3-6H3,(H2,55,73)(H,60,74)(H,62,71)(H,63,72)(H,59,64,66)/t32-,33-,37?,39?,40?,42+,43+/m0/s1. The molecular weight excluding hydrogens is 1000 g/mol. The zero-order valence-electron chi connectivity index (χ0n) is 43.7. The molecule has 24 nitrogen and oxygen atoms in total. The Hall–Kier alpha value is -9.35. The predicted molar refractivity (Wildman–Crippen MR) is 286 cm³/mol. The lowest BCUT2D eigenvalue weighted by Gasteiger charge is -2.44. The lowest BCUT2D eigenvalue weighted by molar-refractivity contribution is -0.118. The first-order valence-electron chi connectivity index (χ1n) is 25.4. The van der Waals surface area contributed by atoms with Crippen molar-refractivity contribution in [3.8, 4) is 0 Å². The number of amides is 4. The van der Waals surface area contributed by atoms with Gasteiger partial charge in [0, 0.05) is 56.9 Å². The van der Waals surface area contributed by atoms with E-state index in [-0.39, 0.29) is 78.3 Å². The summed E-state index contributed by atoms with van der Waals surface area (Å²) in [4.78, 5) is 96.8. The minimum atomic E-state index is -0.925. The molecule has 0 radical (unpaired) electrons. The fourth-order valence-electron chi connectivity index (χ4n) is 9.92. The molecule has 3 unspecified atom stereocenters. The second-order valence-electron chi connectivity index (χ2n) is 19.3. The predicted octanol–water partition coefficient (Wildman–Crippen LogP) is 4.86. The molecule has 2 saturated carbocycles. The largest absolute Gasteiger partial charge is 0.443 e. The number of carbonyl (C=O) groups is 6. The number of primary amides is 1. The van der Waals surface area contributed by atoms with Crippen molar-refractivity contribution in [2.24, 2.45) is 17.6 Å². The molecule has 7 atom stereocenters. The van der Waals surface area contributed by atoms with Crippen molar-refractivity contribution < 1.29 is 38.2 Å². The Morgan fingerprint density at radius 2 is 1.32 bits per heavy atom. The van der Waals surface area contributed by atoms with E-state index >= 15 is 0 Å². The highest BCUT2D eigenvalue weighted by molar-refractivity contribution is 5.96. The molecule has 2 aliphatic carbocycles. The SMILES string of the molecule is C=CC(=O)NC1CCC[C@@H](N(C)c2cnc(C(=O)NC3CC(NC(=O)C=C)[C@H](C)[C@H](N(C)c4nnc(C(N)=O)c(Nc5cnn(C(=O)OCc6ccccc6)c5)n4)C3)c(Cc3cnn(C(=O)OCc4ccccc4)c3)n2)[C@H]1C. The molecule has 6 aromatic rings. The first-order valence-corrected chi connectivity index (χ1v) is 25.4. The van der Waals surface area contributed by atoms with Crippen molar-refractivity contribution in [1.82, 2.24) is 60.7 Å². The number of aromatic nitrogens is 9. The first-order chi connectivity index (χ1) is 37.6. The number of rotatable bonds is 19. The van der Waals surface area contributed by atoms with E-state index in [9.17, 15) is 28.8 Å². The van der Waals surface area contributed by atoms with Crippen molar-refractivity contribution in [3.63, 3.8) is 0 Å². The smallest absolute Gasteiger partial charge is 0.435 e. The number of carbonyl (C=O) groups excluding carboxylic acids is 6. The molecule has 0 bridgehead atoms. The quantitative estimate of drug-likeness (QED) is 0.0677. The molecule has 4 amide bonds. The highest BCUT2D eigenvalue weighted by atomic mass is 16.6. The average Bonchev–Trinajstić information content (AvgIpc) is 4.13. The molecule has 0 saturated heterocycles. The van der Waals surface area contributed by atoms with Gasteiger partial charge >= 0.3 is 12.2 Å². The number of nitrogens with one attached hydrogen (secondary N) is 4. The second kappa shape index (κ2) is 25.0. The van der Waals surface area contributed by atoms with E-state index < -0.39 is 48.0 Å². The molecule has 406 valence electrons. The van der Waals surface area contributed by atoms with Gasteiger partial charge in [0.1, 0.15) is 24.7 Å². The van der Waals surface area contributed by atoms with Gasteiger partial charge in [0.25, 0.3) is 11.8 Å². The Bertz CT molecular complexity index is 3150. The van der Waals surface area contributed by atoms with E-state index in [4.69, 9.17) is 25.2 Å². The minimum absolute atomic E-state index is 0.0210. The number of nitrogens with two attached hydrogens (primary N) is 1. The molecule has 4 aromatic heterocycles. The molecule has 4 heterocycles. The van der Waals surface area contributed by atoms with Gasteiger partial charge in [0.15, 0.2) is 11.5 Å². The molecule has 78 heavy (non-hydrogen) atoms. The van der Waals surface area contributed by atoms with Crippen LogP contribution in [-0.4, -0.2) is 125 Å². The molecular formula is C54H62N16O8. The van der Waals surface area contributed by atoms with Crippen LogP contribution in [0.4, 0.5) is 32.9 Å². The highest BCUT2D eigenvalue weighted by Crippen LogP contribution is 2.33. The highest BCUT2D eigenvalue weighted by Gasteiger charge is 2.40. The summed E-state index contributed by atoms with van der Waals surface area (Å²) in [5.74, 6) is -1.92. The topological polar surface area (TPSA) is 302 Å². The monoisotopic (exact) mass is 1060 g/mol. The molecule has 0 aliphatic heterocycles. The van der Waals surface area contributed by atoms with Crippen molar-refractivity contribution in [1.29, 1.82) is 0 Å². The van der Waals surface area contributed by atoms with Gasteiger partial charge in [0.2, 0.25) is 17.8 Å². The third-order valence-electron chi connectivity index (χ3n) is 14.2. The summed E-state index contributed by atoms with van der Waals surface area (Å²) in [6.45, 7) is 11.3. The fourth-order valence-corrected chi connectivity index (χ4v) is 9.92. The van der Waals surface area contributed by atoms with Gasteiger partial charge in [-0.05, 0) is 72.8 Å². The molecule has 6 N–H and O–H groups in total. The summed E-state index contributed by atoms with van der Waals surface area (Å²) in [5, 5.41) is 29.0. The van der Waals surface area contributed by atoms with Gasteiger partial charge < -0.3 is 46.3 Å². The van der Waals surface area contributed by atoms with E-state index in [0.29, 0.717) is 29.9 Å². The Balaban J connectivity index is 1.04. The summed E-state index contributed by atoms with van der Waals surface area (Å²) in [5.41, 5.74) is 8.14. The molecule has 2 fully saturated rings.